The number of unbranched alkanes of at least 4 members (excludes halogenated alkanes) is 36. The van der Waals surface area contributed by atoms with Crippen molar-refractivity contribution in [1.29, 1.82) is 0 Å². The van der Waals surface area contributed by atoms with Gasteiger partial charge in [-0.15, -0.1) is 0 Å². The van der Waals surface area contributed by atoms with E-state index in [0.29, 0.717) is 31.6 Å². The van der Waals surface area contributed by atoms with Crippen LogP contribution in [0.1, 0.15) is 363 Å². The van der Waals surface area contributed by atoms with E-state index in [1.807, 2.05) is 0 Å². The summed E-state index contributed by atoms with van der Waals surface area (Å²) in [6.07, 6.45) is 55.3. The van der Waals surface area contributed by atoms with Gasteiger partial charge in [-0.1, -0.05) is 310 Å². The number of phosphoric ester groups is 2. The van der Waals surface area contributed by atoms with E-state index < -0.39 is 97.5 Å². The lowest BCUT2D eigenvalue weighted by Crippen LogP contribution is -2.30. The van der Waals surface area contributed by atoms with Gasteiger partial charge in [-0.2, -0.15) is 0 Å². The second-order valence-corrected chi connectivity index (χ2v) is 30.8. The van der Waals surface area contributed by atoms with Crippen molar-refractivity contribution in [3.05, 3.63) is 24.3 Å². The number of aliphatic hydroxyl groups excluding tert-OH is 1. The Morgan fingerprint density at radius 1 is 0.347 bits per heavy atom. The summed E-state index contributed by atoms with van der Waals surface area (Å²) >= 11 is 0. The molecule has 0 saturated heterocycles. The summed E-state index contributed by atoms with van der Waals surface area (Å²) in [4.78, 5) is 72.7. The van der Waals surface area contributed by atoms with Crippen LogP contribution in [-0.4, -0.2) is 96.7 Å². The van der Waals surface area contributed by atoms with E-state index in [9.17, 15) is 43.2 Å². The number of ether oxygens (including phenoxy) is 4. The molecule has 0 aliphatic carbocycles. The third kappa shape index (κ3) is 68.5. The van der Waals surface area contributed by atoms with Gasteiger partial charge >= 0.3 is 39.5 Å². The standard InChI is InChI=1S/C76H144O17P2/c1-8-10-11-12-13-14-15-16-21-25-28-31-34-45-52-59-76(81)93-72(64-87-74(79)58-51-44-39-37-42-49-56-69(7)9-2)66-91-95(84,85)89-62-70(77)61-88-94(82,83)90-65-71(63-86-73(78)57-50-43-38-36-41-48-55-68(5)6)92-75(80)60-53-46-35-32-29-26-23-20-18-17-19-22-24-27-30-33-40-47-54-67(3)4/h14-16,21,67-72,77H,8-13,17-20,22-66H2,1-7H3,(H,82,83)(H,84,85)/b15-14-,21-16-/t69?,70-,71-,72-/m1/s1. The molecule has 0 fully saturated rings. The predicted molar refractivity (Wildman–Crippen MR) is 386 cm³/mol. The first-order valence-electron chi connectivity index (χ1n) is 38.7. The molecule has 6 atom stereocenters. The van der Waals surface area contributed by atoms with Crippen molar-refractivity contribution in [2.45, 2.75) is 381 Å². The average Bonchev–Trinajstić information content (AvgIpc) is 2.64. The minimum absolute atomic E-state index is 0.0837. The SMILES string of the molecule is CCCCCC/C=C\C=C/CCCCCCCC(=O)O[C@H](COC(=O)CCCCCCCCC(C)CC)COP(=O)(O)OC[C@H](O)COP(=O)(O)OC[C@@H](COC(=O)CCCCCCCCC(C)C)OC(=O)CCCCCCCCCCCCCCCCCCCCC(C)C. The van der Waals surface area contributed by atoms with Gasteiger partial charge in [0, 0.05) is 25.7 Å². The van der Waals surface area contributed by atoms with Crippen molar-refractivity contribution in [3.63, 3.8) is 0 Å². The van der Waals surface area contributed by atoms with Gasteiger partial charge in [0.15, 0.2) is 12.2 Å². The predicted octanol–water partition coefficient (Wildman–Crippen LogP) is 21.7. The van der Waals surface area contributed by atoms with E-state index in [1.165, 1.54) is 148 Å². The van der Waals surface area contributed by atoms with Gasteiger partial charge < -0.3 is 33.8 Å². The number of hydrogen-bond acceptors (Lipinski definition) is 15. The van der Waals surface area contributed by atoms with Gasteiger partial charge in [0.05, 0.1) is 26.4 Å². The van der Waals surface area contributed by atoms with E-state index in [2.05, 4.69) is 72.8 Å². The van der Waals surface area contributed by atoms with Crippen molar-refractivity contribution < 1.29 is 80.2 Å². The van der Waals surface area contributed by atoms with Crippen LogP contribution in [0.4, 0.5) is 0 Å². The van der Waals surface area contributed by atoms with Crippen LogP contribution in [0.15, 0.2) is 24.3 Å². The molecule has 0 spiro atoms. The van der Waals surface area contributed by atoms with Gasteiger partial charge in [-0.05, 0) is 69.1 Å². The molecule has 0 rings (SSSR count). The summed E-state index contributed by atoms with van der Waals surface area (Å²) < 4.78 is 68.4. The fourth-order valence-electron chi connectivity index (χ4n) is 11.0. The Balaban J connectivity index is 5.20. The second-order valence-electron chi connectivity index (χ2n) is 27.9. The molecule has 19 heteroatoms. The summed E-state index contributed by atoms with van der Waals surface area (Å²) in [5.74, 6) is 0.0707. The molecule has 560 valence electrons. The fraction of sp³-hybridized carbons (Fsp3) is 0.895. The minimum Gasteiger partial charge on any atom is -0.462 e. The Labute approximate surface area is 580 Å². The van der Waals surface area contributed by atoms with Crippen molar-refractivity contribution >= 4 is 39.5 Å². The van der Waals surface area contributed by atoms with Crippen LogP contribution in [0.3, 0.4) is 0 Å². The average molecular weight is 1390 g/mol. The Morgan fingerprint density at radius 3 is 0.937 bits per heavy atom. The molecule has 0 radical (unpaired) electrons. The molecule has 0 aliphatic rings. The number of carbonyl (C=O) groups excluding carboxylic acids is 4. The molecule has 0 aliphatic heterocycles. The number of allylic oxidation sites excluding steroid dienone is 4. The van der Waals surface area contributed by atoms with Crippen LogP contribution in [0.5, 0.6) is 0 Å². The maximum atomic E-state index is 13.0. The van der Waals surface area contributed by atoms with E-state index in [1.54, 1.807) is 0 Å². The minimum atomic E-state index is -4.96. The number of hydrogen-bond donors (Lipinski definition) is 3. The van der Waals surface area contributed by atoms with Crippen molar-refractivity contribution in [3.8, 4) is 0 Å². The van der Waals surface area contributed by atoms with Gasteiger partial charge in [0.1, 0.15) is 19.3 Å². The molecular formula is C76H144O17P2. The summed E-state index contributed by atoms with van der Waals surface area (Å²) in [5, 5.41) is 10.6. The van der Waals surface area contributed by atoms with Crippen molar-refractivity contribution in [2.75, 3.05) is 39.6 Å². The van der Waals surface area contributed by atoms with Crippen LogP contribution < -0.4 is 0 Å². The molecule has 95 heavy (non-hydrogen) atoms. The molecule has 0 amide bonds. The third-order valence-corrected chi connectivity index (χ3v) is 19.3. The smallest absolute Gasteiger partial charge is 0.462 e. The van der Waals surface area contributed by atoms with Crippen LogP contribution in [-0.2, 0) is 65.4 Å². The van der Waals surface area contributed by atoms with Crippen LogP contribution in [0, 0.1) is 17.8 Å². The molecular weight excluding hydrogens is 1250 g/mol. The lowest BCUT2D eigenvalue weighted by atomic mass is 10.00. The lowest BCUT2D eigenvalue weighted by molar-refractivity contribution is -0.161. The monoisotopic (exact) mass is 1390 g/mol. The summed E-state index contributed by atoms with van der Waals surface area (Å²) in [7, 11) is -9.92. The highest BCUT2D eigenvalue weighted by Gasteiger charge is 2.30. The molecule has 3 unspecified atom stereocenters. The van der Waals surface area contributed by atoms with Crippen molar-refractivity contribution in [2.24, 2.45) is 17.8 Å². The van der Waals surface area contributed by atoms with Gasteiger partial charge in [-0.25, -0.2) is 9.13 Å². The number of aliphatic hydroxyl groups is 1. The van der Waals surface area contributed by atoms with Crippen LogP contribution in [0.25, 0.3) is 0 Å². The van der Waals surface area contributed by atoms with Crippen LogP contribution >= 0.6 is 15.6 Å². The first-order valence-corrected chi connectivity index (χ1v) is 41.7. The summed E-state index contributed by atoms with van der Waals surface area (Å²) in [6, 6.07) is 0. The van der Waals surface area contributed by atoms with Crippen molar-refractivity contribution in [1.82, 2.24) is 0 Å². The first kappa shape index (κ1) is 92.5. The highest BCUT2D eigenvalue weighted by atomic mass is 31.2. The Morgan fingerprint density at radius 2 is 0.621 bits per heavy atom. The van der Waals surface area contributed by atoms with E-state index in [-0.39, 0.29) is 25.7 Å². The largest absolute Gasteiger partial charge is 0.472 e. The molecule has 0 bridgehead atoms. The number of carbonyl (C=O) groups is 4. The van der Waals surface area contributed by atoms with Gasteiger partial charge in [0.25, 0.3) is 0 Å². The lowest BCUT2D eigenvalue weighted by Gasteiger charge is -2.21. The van der Waals surface area contributed by atoms with E-state index in [4.69, 9.17) is 37.0 Å². The molecule has 0 saturated carbocycles. The molecule has 17 nitrogen and oxygen atoms in total. The number of phosphoric acid groups is 2. The van der Waals surface area contributed by atoms with Gasteiger partial charge in [0.2, 0.25) is 0 Å². The fourth-order valence-corrected chi connectivity index (χ4v) is 12.6. The topological polar surface area (TPSA) is 237 Å². The zero-order chi connectivity index (χ0) is 70.1. The van der Waals surface area contributed by atoms with Gasteiger partial charge in [-0.3, -0.25) is 37.3 Å². The summed E-state index contributed by atoms with van der Waals surface area (Å²) in [5.41, 5.74) is 0. The maximum Gasteiger partial charge on any atom is 0.472 e. The normalized spacial score (nSPS) is 14.5. The zero-order valence-electron chi connectivity index (χ0n) is 61.6. The Hall–Kier alpha value is -2.46. The first-order chi connectivity index (χ1) is 45.8. The van der Waals surface area contributed by atoms with E-state index in [0.717, 1.165) is 127 Å². The Bertz CT molecular complexity index is 1950. The van der Waals surface area contributed by atoms with Crippen LogP contribution in [0.2, 0.25) is 0 Å². The molecule has 0 aromatic rings. The molecule has 0 aromatic heterocycles. The maximum absolute atomic E-state index is 13.0. The summed E-state index contributed by atoms with van der Waals surface area (Å²) in [6.45, 7) is 11.7. The number of rotatable bonds is 72. The van der Waals surface area contributed by atoms with E-state index >= 15 is 0 Å². The second kappa shape index (κ2) is 66.1. The number of esters is 4. The highest BCUT2D eigenvalue weighted by Crippen LogP contribution is 2.45. The third-order valence-electron chi connectivity index (χ3n) is 17.4. The quantitative estimate of drug-likeness (QED) is 0.0169. The molecule has 0 heterocycles. The zero-order valence-corrected chi connectivity index (χ0v) is 63.4. The Kier molecular flexibility index (Phi) is 64.4. The highest BCUT2D eigenvalue weighted by molar-refractivity contribution is 7.47. The molecule has 0 aromatic carbocycles. The molecule has 3 N–H and O–H groups in total.